The number of carboxylic acids is 1. The van der Waals surface area contributed by atoms with E-state index in [2.05, 4.69) is 0 Å². The van der Waals surface area contributed by atoms with Crippen molar-refractivity contribution in [3.63, 3.8) is 0 Å². The van der Waals surface area contributed by atoms with Gasteiger partial charge in [-0.15, -0.1) is 0 Å². The van der Waals surface area contributed by atoms with Crippen molar-refractivity contribution in [2.24, 2.45) is 5.92 Å². The van der Waals surface area contributed by atoms with E-state index in [9.17, 15) is 9.90 Å². The molecule has 1 saturated carbocycles. The van der Waals surface area contributed by atoms with Crippen LogP contribution >= 0.6 is 0 Å². The van der Waals surface area contributed by atoms with Crippen molar-refractivity contribution in [2.45, 2.75) is 19.4 Å². The summed E-state index contributed by atoms with van der Waals surface area (Å²) in [5.41, 5.74) is 7.70. The summed E-state index contributed by atoms with van der Waals surface area (Å²) < 4.78 is 1.90. The topological polar surface area (TPSA) is 68.2 Å². The van der Waals surface area contributed by atoms with Gasteiger partial charge in [-0.25, -0.2) is 4.79 Å². The lowest BCUT2D eigenvalue weighted by atomic mass is 10.2. The van der Waals surface area contributed by atoms with Crippen LogP contribution in [0.2, 0.25) is 0 Å². The Balaban J connectivity index is 2.18. The van der Waals surface area contributed by atoms with Crippen molar-refractivity contribution in [3.05, 3.63) is 30.0 Å². The number of carbonyl (C=O) groups is 1. The van der Waals surface area contributed by atoms with E-state index in [-0.39, 0.29) is 0 Å². The number of hydrogen-bond donors (Lipinski definition) is 2. The van der Waals surface area contributed by atoms with Crippen LogP contribution in [0.25, 0.3) is 10.9 Å². The number of aromatic nitrogens is 1. The fraction of sp³-hybridized carbons (Fsp3) is 0.308. The molecule has 1 aromatic heterocycles. The van der Waals surface area contributed by atoms with Crippen molar-refractivity contribution in [3.8, 4) is 0 Å². The van der Waals surface area contributed by atoms with Crippen LogP contribution in [-0.4, -0.2) is 15.6 Å². The zero-order chi connectivity index (χ0) is 12.0. The van der Waals surface area contributed by atoms with Crippen LogP contribution in [-0.2, 0) is 6.54 Å². The number of rotatable bonds is 3. The van der Waals surface area contributed by atoms with Crippen LogP contribution in [0.1, 0.15) is 23.3 Å². The molecule has 1 heterocycles. The summed E-state index contributed by atoms with van der Waals surface area (Å²) in [6, 6.07) is 7.25. The highest BCUT2D eigenvalue weighted by molar-refractivity contribution is 5.95. The molecule has 17 heavy (non-hydrogen) atoms. The third-order valence-corrected chi connectivity index (χ3v) is 3.28. The molecule has 88 valence electrons. The molecular weight excluding hydrogens is 216 g/mol. The smallest absolute Gasteiger partial charge is 0.352 e. The lowest BCUT2D eigenvalue weighted by Crippen LogP contribution is -2.09. The highest BCUT2D eigenvalue weighted by atomic mass is 16.4. The third-order valence-electron chi connectivity index (χ3n) is 3.28. The van der Waals surface area contributed by atoms with Crippen LogP contribution in [0.5, 0.6) is 0 Å². The SMILES string of the molecule is Nc1ccc2c(c1)cc(C(=O)O)n2CC1CC1. The molecule has 1 aromatic carbocycles. The van der Waals surface area contributed by atoms with Crippen LogP contribution in [0, 0.1) is 5.92 Å². The van der Waals surface area contributed by atoms with E-state index in [1.165, 1.54) is 12.8 Å². The maximum atomic E-state index is 11.2. The second-order valence-electron chi connectivity index (χ2n) is 4.71. The first-order valence-corrected chi connectivity index (χ1v) is 5.77. The Bertz CT molecular complexity index is 597. The summed E-state index contributed by atoms with van der Waals surface area (Å²) in [5, 5.41) is 10.1. The summed E-state index contributed by atoms with van der Waals surface area (Å²) in [7, 11) is 0. The van der Waals surface area contributed by atoms with Gasteiger partial charge in [-0.1, -0.05) is 0 Å². The van der Waals surface area contributed by atoms with E-state index < -0.39 is 5.97 Å². The van der Waals surface area contributed by atoms with Gasteiger partial charge in [0.2, 0.25) is 0 Å². The van der Waals surface area contributed by atoms with Gasteiger partial charge < -0.3 is 15.4 Å². The van der Waals surface area contributed by atoms with Gasteiger partial charge in [-0.3, -0.25) is 0 Å². The fourth-order valence-electron chi connectivity index (χ4n) is 2.22. The van der Waals surface area contributed by atoms with Gasteiger partial charge in [0.25, 0.3) is 0 Å². The molecule has 0 atom stereocenters. The first-order chi connectivity index (χ1) is 8.15. The minimum Gasteiger partial charge on any atom is -0.477 e. The van der Waals surface area contributed by atoms with E-state index in [1.54, 1.807) is 6.07 Å². The lowest BCUT2D eigenvalue weighted by molar-refractivity contribution is 0.0685. The number of nitrogen functional groups attached to an aromatic ring is 1. The summed E-state index contributed by atoms with van der Waals surface area (Å²) in [6.07, 6.45) is 2.40. The van der Waals surface area contributed by atoms with Gasteiger partial charge in [0, 0.05) is 23.1 Å². The number of nitrogens with zero attached hydrogens (tertiary/aromatic N) is 1. The van der Waals surface area contributed by atoms with Crippen molar-refractivity contribution in [1.82, 2.24) is 4.57 Å². The average molecular weight is 230 g/mol. The second-order valence-corrected chi connectivity index (χ2v) is 4.71. The first kappa shape index (κ1) is 10.2. The van der Waals surface area contributed by atoms with E-state index in [1.807, 2.05) is 22.8 Å². The Morgan fingerprint density at radius 3 is 2.82 bits per heavy atom. The number of aromatic carboxylic acids is 1. The molecule has 0 spiro atoms. The molecule has 0 bridgehead atoms. The molecule has 4 nitrogen and oxygen atoms in total. The maximum absolute atomic E-state index is 11.2. The Morgan fingerprint density at radius 2 is 2.18 bits per heavy atom. The molecule has 1 aliphatic rings. The number of hydrogen-bond acceptors (Lipinski definition) is 2. The Kier molecular flexibility index (Phi) is 2.11. The summed E-state index contributed by atoms with van der Waals surface area (Å²) in [4.78, 5) is 11.2. The molecule has 0 radical (unpaired) electrons. The average Bonchev–Trinajstić information content (AvgIpc) is 3.00. The van der Waals surface area contributed by atoms with Gasteiger partial charge in [0.05, 0.1) is 0 Å². The Labute approximate surface area is 98.6 Å². The minimum absolute atomic E-state index is 0.359. The largest absolute Gasteiger partial charge is 0.477 e. The number of benzene rings is 1. The molecule has 0 saturated heterocycles. The highest BCUT2D eigenvalue weighted by Gasteiger charge is 2.25. The molecule has 2 aromatic rings. The highest BCUT2D eigenvalue weighted by Crippen LogP contribution is 2.33. The molecule has 3 N–H and O–H groups in total. The zero-order valence-electron chi connectivity index (χ0n) is 9.39. The summed E-state index contributed by atoms with van der Waals surface area (Å²) in [5.74, 6) is -0.235. The number of nitrogens with two attached hydrogens (primary N) is 1. The zero-order valence-corrected chi connectivity index (χ0v) is 9.39. The molecule has 4 heteroatoms. The van der Waals surface area contributed by atoms with Crippen molar-refractivity contribution in [1.29, 1.82) is 0 Å². The minimum atomic E-state index is -0.875. The van der Waals surface area contributed by atoms with Gasteiger partial charge >= 0.3 is 5.97 Å². The Morgan fingerprint density at radius 1 is 1.41 bits per heavy atom. The Hall–Kier alpha value is -1.97. The second kappa shape index (κ2) is 3.52. The van der Waals surface area contributed by atoms with Crippen molar-refractivity contribution in [2.75, 3.05) is 5.73 Å². The normalized spacial score (nSPS) is 15.3. The predicted octanol–water partition coefficient (Wildman–Crippen LogP) is 2.33. The quantitative estimate of drug-likeness (QED) is 0.795. The van der Waals surface area contributed by atoms with Gasteiger partial charge in [0.1, 0.15) is 5.69 Å². The van der Waals surface area contributed by atoms with Gasteiger partial charge in [0.15, 0.2) is 0 Å². The van der Waals surface area contributed by atoms with Crippen molar-refractivity contribution >= 4 is 22.6 Å². The standard InChI is InChI=1S/C13H14N2O2/c14-10-3-4-11-9(5-10)6-12(13(16)17)15(11)7-8-1-2-8/h3-6,8H,1-2,7,14H2,(H,16,17). The van der Waals surface area contributed by atoms with Crippen LogP contribution in [0.15, 0.2) is 24.3 Å². The van der Waals surface area contributed by atoms with Crippen LogP contribution in [0.4, 0.5) is 5.69 Å². The first-order valence-electron chi connectivity index (χ1n) is 5.77. The van der Waals surface area contributed by atoms with Gasteiger partial charge in [-0.2, -0.15) is 0 Å². The molecule has 1 fully saturated rings. The third kappa shape index (κ3) is 1.75. The molecule has 1 aliphatic carbocycles. The van der Waals surface area contributed by atoms with Crippen LogP contribution in [0.3, 0.4) is 0 Å². The molecule has 0 amide bonds. The van der Waals surface area contributed by atoms with E-state index >= 15 is 0 Å². The fourth-order valence-corrected chi connectivity index (χ4v) is 2.22. The number of fused-ring (bicyclic) bond motifs is 1. The lowest BCUT2D eigenvalue weighted by Gasteiger charge is -2.07. The maximum Gasteiger partial charge on any atom is 0.352 e. The van der Waals surface area contributed by atoms with Crippen LogP contribution < -0.4 is 5.73 Å². The monoisotopic (exact) mass is 230 g/mol. The van der Waals surface area contributed by atoms with Gasteiger partial charge in [-0.05, 0) is 43.0 Å². The molecular formula is C13H14N2O2. The number of carboxylic acid groups (broad SMARTS) is 1. The van der Waals surface area contributed by atoms with E-state index in [0.717, 1.165) is 17.4 Å². The van der Waals surface area contributed by atoms with E-state index in [0.29, 0.717) is 17.3 Å². The number of anilines is 1. The van der Waals surface area contributed by atoms with Crippen molar-refractivity contribution < 1.29 is 9.90 Å². The predicted molar refractivity (Wildman–Crippen MR) is 66.0 cm³/mol. The molecule has 0 aliphatic heterocycles. The summed E-state index contributed by atoms with van der Waals surface area (Å²) in [6.45, 7) is 0.801. The molecule has 0 unspecified atom stereocenters. The molecule has 3 rings (SSSR count). The summed E-state index contributed by atoms with van der Waals surface area (Å²) >= 11 is 0. The van der Waals surface area contributed by atoms with E-state index in [4.69, 9.17) is 5.73 Å².